The van der Waals surface area contributed by atoms with E-state index in [1.807, 2.05) is 6.92 Å². The van der Waals surface area contributed by atoms with E-state index >= 15 is 0 Å². The van der Waals surface area contributed by atoms with Crippen LogP contribution in [0.25, 0.3) is 0 Å². The molecular formula is C9H10BrN5OS. The van der Waals surface area contributed by atoms with E-state index in [2.05, 4.69) is 36.1 Å². The lowest BCUT2D eigenvalue weighted by Crippen LogP contribution is -2.12. The van der Waals surface area contributed by atoms with Crippen LogP contribution in [-0.2, 0) is 13.5 Å². The van der Waals surface area contributed by atoms with Crippen LogP contribution in [0.15, 0.2) is 25.6 Å². The average molecular weight is 316 g/mol. The lowest BCUT2D eigenvalue weighted by Gasteiger charge is -2.02. The van der Waals surface area contributed by atoms with Crippen molar-refractivity contribution >= 4 is 27.7 Å². The van der Waals surface area contributed by atoms with Crippen LogP contribution in [0, 0.1) is 0 Å². The molecule has 1 N–H and O–H groups in total. The molecule has 2 rings (SSSR count). The number of hydrogen-bond acceptors (Lipinski definition) is 5. The molecule has 2 aromatic heterocycles. The first-order chi connectivity index (χ1) is 8.10. The highest BCUT2D eigenvalue weighted by Gasteiger charge is 2.09. The zero-order valence-electron chi connectivity index (χ0n) is 9.27. The third-order valence-electron chi connectivity index (χ3n) is 2.07. The van der Waals surface area contributed by atoms with Crippen LogP contribution >= 0.6 is 27.7 Å². The second-order valence-corrected chi connectivity index (χ2v) is 5.07. The number of rotatable bonds is 3. The Morgan fingerprint density at radius 3 is 2.88 bits per heavy atom. The third kappa shape index (κ3) is 2.75. The summed E-state index contributed by atoms with van der Waals surface area (Å²) >= 11 is 4.65. The van der Waals surface area contributed by atoms with E-state index in [-0.39, 0.29) is 5.69 Å². The number of H-pyrrole nitrogens is 1. The maximum atomic E-state index is 11.2. The van der Waals surface area contributed by atoms with Crippen molar-refractivity contribution < 1.29 is 0 Å². The molecule has 0 amide bonds. The lowest BCUT2D eigenvalue weighted by atomic mass is 10.4. The highest BCUT2D eigenvalue weighted by molar-refractivity contribution is 9.10. The lowest BCUT2D eigenvalue weighted by molar-refractivity contribution is 0.763. The Bertz CT molecular complexity index is 593. The van der Waals surface area contributed by atoms with Gasteiger partial charge in [-0.15, -0.1) is 5.10 Å². The van der Waals surface area contributed by atoms with Crippen LogP contribution in [0.3, 0.4) is 0 Å². The van der Waals surface area contributed by atoms with E-state index in [1.165, 1.54) is 16.3 Å². The molecule has 0 radical (unpaired) electrons. The summed E-state index contributed by atoms with van der Waals surface area (Å²) in [6, 6.07) is 1.79. The van der Waals surface area contributed by atoms with Gasteiger partial charge in [-0.3, -0.25) is 4.57 Å². The maximum Gasteiger partial charge on any atom is 0.343 e. The van der Waals surface area contributed by atoms with Gasteiger partial charge in [-0.05, 0) is 27.7 Å². The molecule has 0 saturated heterocycles. The molecule has 0 atom stereocenters. The molecule has 2 aromatic rings. The summed E-state index contributed by atoms with van der Waals surface area (Å²) in [5.74, 6) is 0.752. The van der Waals surface area contributed by atoms with Gasteiger partial charge in [0.1, 0.15) is 15.5 Å². The summed E-state index contributed by atoms with van der Waals surface area (Å²) in [6.45, 7) is 1.99. The van der Waals surface area contributed by atoms with Gasteiger partial charge in [0.15, 0.2) is 5.16 Å². The summed E-state index contributed by atoms with van der Waals surface area (Å²) in [5.41, 5.74) is -0.240. The zero-order chi connectivity index (χ0) is 12.4. The maximum absolute atomic E-state index is 11.2. The van der Waals surface area contributed by atoms with Crippen molar-refractivity contribution in [2.24, 2.45) is 7.05 Å². The Morgan fingerprint density at radius 2 is 2.29 bits per heavy atom. The van der Waals surface area contributed by atoms with Crippen LogP contribution in [-0.4, -0.2) is 24.7 Å². The van der Waals surface area contributed by atoms with Crippen LogP contribution < -0.4 is 5.69 Å². The van der Waals surface area contributed by atoms with Gasteiger partial charge in [-0.1, -0.05) is 6.92 Å². The van der Waals surface area contributed by atoms with Gasteiger partial charge in [0.25, 0.3) is 0 Å². The summed E-state index contributed by atoms with van der Waals surface area (Å²) in [5, 5.41) is 7.62. The van der Waals surface area contributed by atoms with Gasteiger partial charge >= 0.3 is 5.69 Å². The fourth-order valence-corrected chi connectivity index (χ4v) is 2.56. The van der Waals surface area contributed by atoms with Gasteiger partial charge in [0.05, 0.1) is 0 Å². The molecule has 0 aliphatic rings. The Labute approximate surface area is 110 Å². The molecule has 2 heterocycles. The van der Waals surface area contributed by atoms with Crippen molar-refractivity contribution in [2.45, 2.75) is 23.5 Å². The molecule has 0 bridgehead atoms. The molecular weight excluding hydrogens is 306 g/mol. The highest BCUT2D eigenvalue weighted by atomic mass is 79.9. The molecule has 0 aliphatic heterocycles. The topological polar surface area (TPSA) is 76.5 Å². The van der Waals surface area contributed by atoms with Crippen molar-refractivity contribution in [3.8, 4) is 0 Å². The van der Waals surface area contributed by atoms with Gasteiger partial charge in [-0.25, -0.2) is 19.9 Å². The Balaban J connectivity index is 2.33. The molecule has 0 spiro atoms. The largest absolute Gasteiger partial charge is 0.343 e. The van der Waals surface area contributed by atoms with E-state index in [4.69, 9.17) is 0 Å². The standard InChI is InChI=1S/C9H10BrN5OS/c1-3-6-11-5(10)4-7(12-6)17-9-14-13-8(16)15(9)2/h4H,3H2,1-2H3,(H,13,16). The Morgan fingerprint density at radius 1 is 1.53 bits per heavy atom. The normalized spacial score (nSPS) is 10.8. The fraction of sp³-hybridized carbons (Fsp3) is 0.333. The minimum absolute atomic E-state index is 0.240. The molecule has 0 aliphatic carbocycles. The number of nitrogens with one attached hydrogen (secondary N) is 1. The van der Waals surface area contributed by atoms with E-state index in [0.717, 1.165) is 21.9 Å². The second kappa shape index (κ2) is 5.01. The molecule has 6 nitrogen and oxygen atoms in total. The number of nitrogens with zero attached hydrogens (tertiary/aromatic N) is 4. The minimum Gasteiger partial charge on any atom is -0.273 e. The number of hydrogen-bond donors (Lipinski definition) is 1. The number of aromatic amines is 1. The van der Waals surface area contributed by atoms with Gasteiger partial charge < -0.3 is 0 Å². The molecule has 0 fully saturated rings. The van der Waals surface area contributed by atoms with Crippen molar-refractivity contribution in [2.75, 3.05) is 0 Å². The van der Waals surface area contributed by atoms with E-state index in [0.29, 0.717) is 5.16 Å². The van der Waals surface area contributed by atoms with Gasteiger partial charge in [0.2, 0.25) is 0 Å². The molecule has 0 saturated carbocycles. The molecule has 0 unspecified atom stereocenters. The SMILES string of the molecule is CCc1nc(Br)cc(Sc2n[nH]c(=O)n2C)n1. The van der Waals surface area contributed by atoms with Crippen LogP contribution in [0.5, 0.6) is 0 Å². The minimum atomic E-state index is -0.240. The average Bonchev–Trinajstić information content (AvgIpc) is 2.60. The van der Waals surface area contributed by atoms with Gasteiger partial charge in [-0.2, -0.15) is 0 Å². The molecule has 8 heteroatoms. The Kier molecular flexibility index (Phi) is 3.63. The monoisotopic (exact) mass is 315 g/mol. The Hall–Kier alpha value is -1.15. The number of aromatic nitrogens is 5. The summed E-state index contributed by atoms with van der Waals surface area (Å²) in [4.78, 5) is 19.8. The molecule has 17 heavy (non-hydrogen) atoms. The fourth-order valence-electron chi connectivity index (χ4n) is 1.17. The van der Waals surface area contributed by atoms with E-state index in [9.17, 15) is 4.79 Å². The van der Waals surface area contributed by atoms with Crippen molar-refractivity contribution in [1.29, 1.82) is 0 Å². The summed E-state index contributed by atoms with van der Waals surface area (Å²) in [7, 11) is 1.66. The zero-order valence-corrected chi connectivity index (χ0v) is 11.7. The predicted octanol–water partition coefficient (Wildman–Crippen LogP) is 1.37. The first-order valence-corrected chi connectivity index (χ1v) is 6.53. The highest BCUT2D eigenvalue weighted by Crippen LogP contribution is 2.24. The third-order valence-corrected chi connectivity index (χ3v) is 3.44. The van der Waals surface area contributed by atoms with Crippen molar-refractivity contribution in [1.82, 2.24) is 24.7 Å². The van der Waals surface area contributed by atoms with E-state index in [1.54, 1.807) is 13.1 Å². The first kappa shape index (κ1) is 12.3. The first-order valence-electron chi connectivity index (χ1n) is 4.93. The quantitative estimate of drug-likeness (QED) is 0.866. The number of aryl methyl sites for hydroxylation is 1. The molecule has 90 valence electrons. The predicted molar refractivity (Wildman–Crippen MR) is 67.1 cm³/mol. The van der Waals surface area contributed by atoms with Gasteiger partial charge in [0, 0.05) is 19.5 Å². The van der Waals surface area contributed by atoms with E-state index < -0.39 is 0 Å². The number of halogens is 1. The smallest absolute Gasteiger partial charge is 0.273 e. The molecule has 0 aromatic carbocycles. The summed E-state index contributed by atoms with van der Waals surface area (Å²) < 4.78 is 2.17. The van der Waals surface area contributed by atoms with Crippen LogP contribution in [0.1, 0.15) is 12.7 Å². The van der Waals surface area contributed by atoms with Crippen molar-refractivity contribution in [3.63, 3.8) is 0 Å². The summed E-state index contributed by atoms with van der Waals surface area (Å²) in [6.07, 6.45) is 0.756. The van der Waals surface area contributed by atoms with Crippen LogP contribution in [0.4, 0.5) is 0 Å². The van der Waals surface area contributed by atoms with Crippen LogP contribution in [0.2, 0.25) is 0 Å². The second-order valence-electron chi connectivity index (χ2n) is 3.27. The van der Waals surface area contributed by atoms with Crippen molar-refractivity contribution in [3.05, 3.63) is 27.0 Å².